The van der Waals surface area contributed by atoms with E-state index in [0.29, 0.717) is 12.1 Å². The van der Waals surface area contributed by atoms with Crippen LogP contribution in [-0.4, -0.2) is 4.57 Å². The molecule has 0 unspecified atom stereocenters. The highest BCUT2D eigenvalue weighted by atomic mass is 35.5. The molecule has 0 amide bonds. The van der Waals surface area contributed by atoms with Crippen LogP contribution in [0.4, 0.5) is 0 Å². The van der Waals surface area contributed by atoms with Crippen molar-refractivity contribution in [3.63, 3.8) is 0 Å². The van der Waals surface area contributed by atoms with Crippen molar-refractivity contribution in [1.29, 1.82) is 0 Å². The molecule has 126 valence electrons. The van der Waals surface area contributed by atoms with Gasteiger partial charge >= 0.3 is 0 Å². The van der Waals surface area contributed by atoms with Gasteiger partial charge in [0.2, 0.25) is 6.33 Å². The average Bonchev–Trinajstić information content (AvgIpc) is 3.08. The van der Waals surface area contributed by atoms with Crippen LogP contribution in [0.1, 0.15) is 49.9 Å². The third-order valence-corrected chi connectivity index (χ3v) is 4.54. The maximum absolute atomic E-state index is 2.33. The number of rotatable bonds is 6. The Morgan fingerprint density at radius 1 is 0.833 bits per heavy atom. The first-order valence-corrected chi connectivity index (χ1v) is 8.51. The summed E-state index contributed by atoms with van der Waals surface area (Å²) in [5.41, 5.74) is 2.73. The van der Waals surface area contributed by atoms with E-state index in [1.165, 1.54) is 11.1 Å². The molecular formula is C21H25ClN2. The lowest BCUT2D eigenvalue weighted by Crippen LogP contribution is -3.00. The summed E-state index contributed by atoms with van der Waals surface area (Å²) < 4.78 is 4.67. The minimum atomic E-state index is 0. The molecule has 0 fully saturated rings. The minimum absolute atomic E-state index is 0. The molecule has 3 aromatic rings. The largest absolute Gasteiger partial charge is 1.00 e. The van der Waals surface area contributed by atoms with Crippen LogP contribution in [0.25, 0.3) is 0 Å². The van der Waals surface area contributed by atoms with E-state index in [1.54, 1.807) is 0 Å². The molecule has 0 aliphatic heterocycles. The van der Waals surface area contributed by atoms with Crippen LogP contribution < -0.4 is 17.0 Å². The predicted molar refractivity (Wildman–Crippen MR) is 94.4 cm³/mol. The third-order valence-electron chi connectivity index (χ3n) is 4.54. The van der Waals surface area contributed by atoms with E-state index >= 15 is 0 Å². The van der Waals surface area contributed by atoms with Crippen molar-refractivity contribution in [3.8, 4) is 0 Å². The van der Waals surface area contributed by atoms with Crippen LogP contribution in [0.15, 0.2) is 79.4 Å². The normalized spacial score (nSPS) is 13.1. The van der Waals surface area contributed by atoms with Crippen molar-refractivity contribution in [1.82, 2.24) is 4.57 Å². The zero-order valence-electron chi connectivity index (χ0n) is 14.3. The summed E-state index contributed by atoms with van der Waals surface area (Å²) in [7, 11) is 0. The number of nitrogens with zero attached hydrogens (tertiary/aromatic N) is 2. The second-order valence-electron chi connectivity index (χ2n) is 5.98. The van der Waals surface area contributed by atoms with Crippen molar-refractivity contribution >= 4 is 0 Å². The number of benzene rings is 2. The van der Waals surface area contributed by atoms with E-state index in [0.717, 1.165) is 12.8 Å². The second kappa shape index (κ2) is 8.70. The van der Waals surface area contributed by atoms with Gasteiger partial charge in [-0.25, -0.2) is 9.13 Å². The summed E-state index contributed by atoms with van der Waals surface area (Å²) in [5, 5.41) is 0. The fraction of sp³-hybridized carbons (Fsp3) is 0.286. The molecule has 0 saturated heterocycles. The molecule has 0 saturated carbocycles. The monoisotopic (exact) mass is 340 g/mol. The Morgan fingerprint density at radius 3 is 1.96 bits per heavy atom. The zero-order chi connectivity index (χ0) is 16.1. The lowest BCUT2D eigenvalue weighted by molar-refractivity contribution is -0.713. The zero-order valence-corrected chi connectivity index (χ0v) is 15.1. The molecule has 2 atom stereocenters. The summed E-state index contributed by atoms with van der Waals surface area (Å²) in [6.45, 7) is 4.49. The Bertz CT molecular complexity index is 660. The van der Waals surface area contributed by atoms with Gasteiger partial charge in [0, 0.05) is 0 Å². The third kappa shape index (κ3) is 3.88. The fourth-order valence-electron chi connectivity index (χ4n) is 3.34. The maximum atomic E-state index is 2.33. The van der Waals surface area contributed by atoms with Gasteiger partial charge in [-0.2, -0.15) is 0 Å². The van der Waals surface area contributed by atoms with E-state index in [4.69, 9.17) is 0 Å². The standard InChI is InChI=1S/C21H25N2.ClH/c1-3-20(18-11-7-5-8-12-18)22-15-16-23(17-22)21(4-2)19-13-9-6-10-14-19;/h5-17,20-21H,3-4H2,1-2H3;1H/q+1;/p-1/t20-,21-;/m1./s1. The number of imidazole rings is 1. The Hall–Kier alpha value is -2.06. The molecular weight excluding hydrogens is 316 g/mol. The first kappa shape index (κ1) is 18.3. The fourth-order valence-corrected chi connectivity index (χ4v) is 3.34. The number of aromatic nitrogens is 2. The van der Waals surface area contributed by atoms with E-state index < -0.39 is 0 Å². The van der Waals surface area contributed by atoms with Gasteiger partial charge in [-0.15, -0.1) is 0 Å². The predicted octanol–water partition coefficient (Wildman–Crippen LogP) is 1.78. The molecule has 0 aliphatic carbocycles. The van der Waals surface area contributed by atoms with E-state index in [-0.39, 0.29) is 12.4 Å². The molecule has 0 bridgehead atoms. The molecule has 0 spiro atoms. The van der Waals surface area contributed by atoms with Gasteiger partial charge in [-0.3, -0.25) is 0 Å². The van der Waals surface area contributed by atoms with Gasteiger partial charge in [-0.05, 0) is 24.0 Å². The molecule has 0 radical (unpaired) electrons. The van der Waals surface area contributed by atoms with Gasteiger partial charge in [0.05, 0.1) is 0 Å². The topological polar surface area (TPSA) is 8.81 Å². The summed E-state index contributed by atoms with van der Waals surface area (Å²) in [6, 6.07) is 22.3. The Balaban J connectivity index is 0.00000208. The summed E-state index contributed by atoms with van der Waals surface area (Å²) in [6.07, 6.45) is 8.82. The van der Waals surface area contributed by atoms with E-state index in [9.17, 15) is 0 Å². The van der Waals surface area contributed by atoms with Crippen LogP contribution in [0.3, 0.4) is 0 Å². The molecule has 2 nitrogen and oxygen atoms in total. The van der Waals surface area contributed by atoms with Crippen LogP contribution >= 0.6 is 0 Å². The van der Waals surface area contributed by atoms with Gasteiger partial charge in [0.25, 0.3) is 0 Å². The van der Waals surface area contributed by atoms with Crippen LogP contribution in [0, 0.1) is 0 Å². The van der Waals surface area contributed by atoms with Crippen LogP contribution in [-0.2, 0) is 0 Å². The lowest BCUT2D eigenvalue weighted by Gasteiger charge is -2.13. The van der Waals surface area contributed by atoms with Gasteiger partial charge in [0.1, 0.15) is 24.5 Å². The van der Waals surface area contributed by atoms with Crippen molar-refractivity contribution in [2.75, 3.05) is 0 Å². The minimum Gasteiger partial charge on any atom is -1.00 e. The molecule has 0 N–H and O–H groups in total. The maximum Gasteiger partial charge on any atom is 0.244 e. The molecule has 2 aromatic carbocycles. The van der Waals surface area contributed by atoms with Crippen LogP contribution in [0.2, 0.25) is 0 Å². The number of halogens is 1. The van der Waals surface area contributed by atoms with Gasteiger partial charge in [0.15, 0.2) is 0 Å². The Labute approximate surface area is 151 Å². The van der Waals surface area contributed by atoms with Crippen molar-refractivity contribution < 1.29 is 17.0 Å². The van der Waals surface area contributed by atoms with Crippen molar-refractivity contribution in [2.24, 2.45) is 0 Å². The number of hydrogen-bond donors (Lipinski definition) is 0. The van der Waals surface area contributed by atoms with E-state index in [1.807, 2.05) is 0 Å². The molecule has 1 heterocycles. The molecule has 3 heteroatoms. The van der Waals surface area contributed by atoms with Crippen molar-refractivity contribution in [2.45, 2.75) is 38.8 Å². The highest BCUT2D eigenvalue weighted by molar-refractivity contribution is 5.20. The molecule has 0 aliphatic rings. The summed E-state index contributed by atoms with van der Waals surface area (Å²) >= 11 is 0. The number of hydrogen-bond acceptors (Lipinski definition) is 0. The van der Waals surface area contributed by atoms with Gasteiger partial charge in [-0.1, -0.05) is 74.5 Å². The second-order valence-corrected chi connectivity index (χ2v) is 5.98. The molecule has 1 aromatic heterocycles. The highest BCUT2D eigenvalue weighted by Crippen LogP contribution is 2.22. The Morgan fingerprint density at radius 2 is 1.42 bits per heavy atom. The SMILES string of the molecule is CC[C@H](c1ccccc1)n1cc[n+]([C@H](CC)c2ccccc2)c1.[Cl-]. The molecule has 3 rings (SSSR count). The lowest BCUT2D eigenvalue weighted by atomic mass is 10.0. The Kier molecular flexibility index (Phi) is 6.62. The van der Waals surface area contributed by atoms with Gasteiger partial charge < -0.3 is 12.4 Å². The smallest absolute Gasteiger partial charge is 0.244 e. The summed E-state index contributed by atoms with van der Waals surface area (Å²) in [4.78, 5) is 0. The van der Waals surface area contributed by atoms with E-state index in [2.05, 4.69) is 102 Å². The van der Waals surface area contributed by atoms with Crippen molar-refractivity contribution in [3.05, 3.63) is 90.5 Å². The quantitative estimate of drug-likeness (QED) is 0.605. The summed E-state index contributed by atoms with van der Waals surface area (Å²) in [5.74, 6) is 0. The first-order chi connectivity index (χ1) is 11.3. The van der Waals surface area contributed by atoms with Crippen LogP contribution in [0.5, 0.6) is 0 Å². The molecule has 24 heavy (non-hydrogen) atoms. The first-order valence-electron chi connectivity index (χ1n) is 8.51. The average molecular weight is 341 g/mol. The highest BCUT2D eigenvalue weighted by Gasteiger charge is 2.21.